The van der Waals surface area contributed by atoms with Gasteiger partial charge in [-0.15, -0.1) is 86.1 Å². The second-order valence-corrected chi connectivity index (χ2v) is 43.6. The molecule has 5 N–H and O–H groups in total. The molecule has 4 aromatic carbocycles. The molecule has 0 spiro atoms. The van der Waals surface area contributed by atoms with Crippen LogP contribution in [0.1, 0.15) is 294 Å². The summed E-state index contributed by atoms with van der Waals surface area (Å²) in [4.78, 5) is 78.8. The van der Waals surface area contributed by atoms with E-state index < -0.39 is 46.6 Å². The van der Waals surface area contributed by atoms with E-state index in [0.29, 0.717) is 55.9 Å². The number of nitrogens with zero attached hydrogens (tertiary/aromatic N) is 17. The van der Waals surface area contributed by atoms with Crippen molar-refractivity contribution in [2.45, 2.75) is 245 Å². The molecule has 8 aromatic heterocycles. The van der Waals surface area contributed by atoms with E-state index in [1.54, 1.807) is 45.3 Å². The highest BCUT2D eigenvalue weighted by atomic mass is 32.1. The Morgan fingerprint density at radius 3 is 0.814 bits per heavy atom. The number of carbonyl (C=O) groups excluding carboxylic acids is 4. The minimum Gasteiger partial charge on any atom is -0.460 e. The molecule has 4 atom stereocenters. The summed E-state index contributed by atoms with van der Waals surface area (Å²) in [5, 5.41) is 42.2. The van der Waals surface area contributed by atoms with Crippen LogP contribution in [0.2, 0.25) is 0 Å². The lowest BCUT2D eigenvalue weighted by Gasteiger charge is -2.21. The fourth-order valence-electron chi connectivity index (χ4n) is 16.0. The second kappa shape index (κ2) is 43.7. The van der Waals surface area contributed by atoms with E-state index in [2.05, 4.69) is 161 Å². The quantitative estimate of drug-likeness (QED) is 0.0487. The Balaban J connectivity index is 0.000000157. The van der Waals surface area contributed by atoms with Gasteiger partial charge in [-0.3, -0.25) is 62.3 Å². The van der Waals surface area contributed by atoms with Gasteiger partial charge in [-0.25, -0.2) is 0 Å². The monoisotopic (exact) mass is 1960 g/mol. The summed E-state index contributed by atoms with van der Waals surface area (Å²) >= 11 is 6.77. The number of aliphatic imine (C=N–C) groups is 4. The minimum atomic E-state index is -0.579. The first-order valence-corrected chi connectivity index (χ1v) is 49.8. The molecular formula is C108H124N20O8S4. The van der Waals surface area contributed by atoms with E-state index in [4.69, 9.17) is 50.4 Å². The van der Waals surface area contributed by atoms with Crippen LogP contribution in [0.5, 0.6) is 0 Å². The molecule has 0 saturated heterocycles. The van der Waals surface area contributed by atoms with Crippen molar-refractivity contribution < 1.29 is 38.1 Å². The zero-order valence-electron chi connectivity index (χ0n) is 85.1. The zero-order chi connectivity index (χ0) is 101. The molecule has 12 heterocycles. The highest BCUT2D eigenvalue weighted by Gasteiger charge is 2.40. The van der Waals surface area contributed by atoms with Gasteiger partial charge in [0.2, 0.25) is 0 Å². The third-order valence-corrected chi connectivity index (χ3v) is 27.4. The van der Waals surface area contributed by atoms with Gasteiger partial charge in [-0.1, -0.05) is 95.9 Å². The van der Waals surface area contributed by atoms with E-state index in [9.17, 15) is 19.2 Å². The lowest BCUT2D eigenvalue weighted by atomic mass is 9.98. The molecule has 16 rings (SSSR count). The summed E-state index contributed by atoms with van der Waals surface area (Å²) < 4.78 is 30.7. The number of aryl methyl sites for hydroxylation is 8. The van der Waals surface area contributed by atoms with Crippen LogP contribution in [-0.2, 0) is 38.1 Å². The Hall–Kier alpha value is -13.1. The van der Waals surface area contributed by atoms with Crippen molar-refractivity contribution in [3.63, 3.8) is 0 Å². The standard InChI is InChI=1S/C28H33N5O2S.2C27H31N5O2S.C26H29N5O2S/c1-17-18(2)36-27-24(17)25(21-13-11-20(12-14-21)10-9-15-32(7)8)29-22(16-23(34)35-28(4,5)6)26-31-30-19(3)33(26)27;1-16-17(2)35-26-23(16)24(20-12-10-19(11-13-20)9-8-14-28-7)29-21(15-22(33)34-27(4,5)6)25-31-30-18(3)32(25)26;1-16-17(2)35-26-23(16)24(20-12-10-19(11-13-20)9-7-8-14-28)29-21(15-22(33)34-27(4,5)6)25-31-30-18(3)32(25)26;1-15-16(2)34-25-22(15)23(19-11-9-18(10-12-19)8-7-13-27)28-20(14-21(32)33-26(4,5)6)24-30-29-17(3)31(24)25/h11-14,22H,15-16H2,1-8H3;10-13,21,28H,14-15H2,1-7H3;10-13,21H,8,14-15,28H2,1-6H3;9-12,20H,13-14,27H2,1-6H3. The van der Waals surface area contributed by atoms with Crippen molar-refractivity contribution in [1.29, 1.82) is 0 Å². The minimum absolute atomic E-state index is 0.0753. The summed E-state index contributed by atoms with van der Waals surface area (Å²) in [7, 11) is 5.88. The third kappa shape index (κ3) is 24.6. The number of aromatic nitrogens is 12. The number of hydrogen-bond acceptors (Lipinski definition) is 28. The van der Waals surface area contributed by atoms with Crippen molar-refractivity contribution >= 4 is 92.1 Å². The van der Waals surface area contributed by atoms with Gasteiger partial charge in [0.1, 0.15) is 89.9 Å². The van der Waals surface area contributed by atoms with Gasteiger partial charge in [0, 0.05) is 99.2 Å². The molecule has 0 saturated carbocycles. The van der Waals surface area contributed by atoms with Crippen LogP contribution in [0.25, 0.3) is 20.0 Å². The Bertz CT molecular complexity index is 6880. The largest absolute Gasteiger partial charge is 0.460 e. The number of ether oxygens (including phenoxy) is 4. The lowest BCUT2D eigenvalue weighted by molar-refractivity contribution is -0.156. The van der Waals surface area contributed by atoms with Crippen LogP contribution in [0.4, 0.5) is 0 Å². The maximum absolute atomic E-state index is 12.9. The molecule has 4 aliphatic heterocycles. The first kappa shape index (κ1) is 104. The molecule has 0 bridgehead atoms. The average Bonchev–Trinajstić information content (AvgIpc) is 1.60. The molecule has 0 radical (unpaired) electrons. The van der Waals surface area contributed by atoms with Crippen LogP contribution >= 0.6 is 45.3 Å². The van der Waals surface area contributed by atoms with Gasteiger partial charge in [0.15, 0.2) is 23.3 Å². The fraction of sp³-hybridized carbons (Fsp3) is 0.407. The summed E-state index contributed by atoms with van der Waals surface area (Å²) in [6, 6.07) is 30.2. The van der Waals surface area contributed by atoms with Crippen LogP contribution in [-0.4, -0.2) is 180 Å². The first-order chi connectivity index (χ1) is 66.2. The average molecular weight is 1960 g/mol. The Kier molecular flexibility index (Phi) is 32.6. The maximum Gasteiger partial charge on any atom is 0.308 e. The molecule has 4 unspecified atom stereocenters. The van der Waals surface area contributed by atoms with Crippen molar-refractivity contribution in [3.8, 4) is 67.4 Å². The normalized spacial score (nSPS) is 14.9. The van der Waals surface area contributed by atoms with Gasteiger partial charge in [-0.05, 0) is 258 Å². The molecule has 0 aliphatic carbocycles. The summed E-state index contributed by atoms with van der Waals surface area (Å²) in [6.45, 7) is 49.2. The van der Waals surface area contributed by atoms with Crippen LogP contribution < -0.4 is 16.8 Å². The predicted molar refractivity (Wildman–Crippen MR) is 558 cm³/mol. The number of rotatable bonds is 15. The number of carbonyl (C=O) groups is 4. The third-order valence-electron chi connectivity index (χ3n) is 22.7. The van der Waals surface area contributed by atoms with Crippen LogP contribution in [0.3, 0.4) is 0 Å². The van der Waals surface area contributed by atoms with Crippen molar-refractivity contribution in [2.75, 3.05) is 47.3 Å². The summed E-state index contributed by atoms with van der Waals surface area (Å²) in [5.41, 5.74) is 28.5. The summed E-state index contributed by atoms with van der Waals surface area (Å²) in [6.07, 6.45) is 0.982. The Labute approximate surface area is 836 Å². The van der Waals surface area contributed by atoms with Gasteiger partial charge in [0.25, 0.3) is 0 Å². The smallest absolute Gasteiger partial charge is 0.308 e. The number of nitrogens with two attached hydrogens (primary N) is 2. The number of thiophene rings is 4. The highest BCUT2D eigenvalue weighted by molar-refractivity contribution is 7.16. The van der Waals surface area contributed by atoms with Gasteiger partial charge in [0.05, 0.1) is 68.2 Å². The molecule has 0 amide bonds. The highest BCUT2D eigenvalue weighted by Crippen LogP contribution is 2.46. The van der Waals surface area contributed by atoms with Gasteiger partial charge < -0.3 is 35.7 Å². The van der Waals surface area contributed by atoms with Crippen LogP contribution in [0.15, 0.2) is 117 Å². The zero-order valence-corrected chi connectivity index (χ0v) is 88.3. The van der Waals surface area contributed by atoms with E-state index in [1.165, 1.54) is 30.6 Å². The van der Waals surface area contributed by atoms with Gasteiger partial charge >= 0.3 is 23.9 Å². The molecule has 4 aliphatic rings. The number of benzene rings is 4. The van der Waals surface area contributed by atoms with Gasteiger partial charge in [-0.2, -0.15) is 0 Å². The number of fused-ring (bicyclic) bond motifs is 12. The SMILES string of the molecule is CNCC#Cc1ccc(C2=NC(CC(=O)OC(C)(C)C)c3nnc(C)n3-c3sc(C)c(C)c32)cc1.Cc1sc2c(c1C)C(c1ccc(C#CCCN)cc1)=NC(CC(=O)OC(C)(C)C)c1nnc(C)n1-2.Cc1sc2c(c1C)C(c1ccc(C#CCN(C)C)cc1)=NC(CC(=O)OC(C)(C)C)c1nnc(C)n1-2.Cc1sc2c(c1C)C(c1ccc(C#CCN)cc1)=NC(CC(=O)OC(C)(C)C)c1nnc(C)n1-2. The molecule has 140 heavy (non-hydrogen) atoms. The van der Waals surface area contributed by atoms with E-state index >= 15 is 0 Å². The topological polar surface area (TPSA) is 345 Å². The van der Waals surface area contributed by atoms with E-state index in [0.717, 1.165) is 144 Å². The van der Waals surface area contributed by atoms with E-state index in [-0.39, 0.29) is 49.6 Å². The second-order valence-electron chi connectivity index (χ2n) is 38.8. The summed E-state index contributed by atoms with van der Waals surface area (Å²) in [5.74, 6) is 29.2. The first-order valence-electron chi connectivity index (χ1n) is 46.6. The van der Waals surface area contributed by atoms with Crippen LogP contribution in [0, 0.1) is 130 Å². The predicted octanol–water partition coefficient (Wildman–Crippen LogP) is 18.0. The Morgan fingerprint density at radius 2 is 0.593 bits per heavy atom. The molecular weight excluding hydrogens is 1830 g/mol. The van der Waals surface area contributed by atoms with Crippen molar-refractivity contribution in [3.05, 3.63) is 252 Å². The fourth-order valence-corrected chi connectivity index (χ4v) is 20.9. The Morgan fingerprint density at radius 1 is 0.357 bits per heavy atom. The molecule has 0 fully saturated rings. The van der Waals surface area contributed by atoms with Crippen molar-refractivity contribution in [2.24, 2.45) is 31.4 Å². The molecule has 728 valence electrons. The van der Waals surface area contributed by atoms with Crippen molar-refractivity contribution in [1.82, 2.24) is 69.3 Å². The molecule has 12 aromatic rings. The molecule has 32 heteroatoms. The number of esters is 4. The maximum atomic E-state index is 12.9. The molecule has 28 nitrogen and oxygen atoms in total. The van der Waals surface area contributed by atoms with E-state index in [1.807, 2.05) is 240 Å². The number of nitrogens with one attached hydrogen (secondary N) is 1. The number of hydrogen-bond donors (Lipinski definition) is 3. The lowest BCUT2D eigenvalue weighted by Crippen LogP contribution is -2.25.